The Morgan fingerprint density at radius 1 is 1.42 bits per heavy atom. The minimum absolute atomic E-state index is 0.142. The SMILES string of the molecule is CCc1ocnc1C(=O)N1CCn2nc(C(O)c3ccnn3C)cc2C1. The van der Waals surface area contributed by atoms with E-state index in [2.05, 4.69) is 15.2 Å². The Labute approximate surface area is 149 Å². The molecule has 0 aliphatic carbocycles. The van der Waals surface area contributed by atoms with Crippen molar-refractivity contribution in [3.05, 3.63) is 53.3 Å². The van der Waals surface area contributed by atoms with Gasteiger partial charge in [-0.1, -0.05) is 6.92 Å². The number of aromatic nitrogens is 5. The number of oxazole rings is 1. The van der Waals surface area contributed by atoms with Crippen molar-refractivity contribution in [3.63, 3.8) is 0 Å². The lowest BCUT2D eigenvalue weighted by Crippen LogP contribution is -2.38. The van der Waals surface area contributed by atoms with Crippen molar-refractivity contribution in [2.45, 2.75) is 32.5 Å². The number of hydrogen-bond donors (Lipinski definition) is 1. The molecule has 1 amide bonds. The summed E-state index contributed by atoms with van der Waals surface area (Å²) in [5.41, 5.74) is 2.47. The third-order valence-corrected chi connectivity index (χ3v) is 4.69. The molecular weight excluding hydrogens is 336 g/mol. The Hall–Kier alpha value is -2.94. The van der Waals surface area contributed by atoms with Gasteiger partial charge < -0.3 is 14.4 Å². The van der Waals surface area contributed by atoms with Crippen LogP contribution >= 0.6 is 0 Å². The average molecular weight is 356 g/mol. The first kappa shape index (κ1) is 16.5. The Kier molecular flexibility index (Phi) is 4.08. The van der Waals surface area contributed by atoms with Crippen LogP contribution in [0.5, 0.6) is 0 Å². The highest BCUT2D eigenvalue weighted by Gasteiger charge is 2.28. The Balaban J connectivity index is 1.55. The summed E-state index contributed by atoms with van der Waals surface area (Å²) < 4.78 is 8.72. The molecule has 1 aliphatic heterocycles. The van der Waals surface area contributed by atoms with Crippen molar-refractivity contribution >= 4 is 5.91 Å². The van der Waals surface area contributed by atoms with Gasteiger partial charge in [-0.15, -0.1) is 0 Å². The fraction of sp³-hybridized carbons (Fsp3) is 0.412. The molecule has 26 heavy (non-hydrogen) atoms. The van der Waals surface area contributed by atoms with Crippen LogP contribution in [0.4, 0.5) is 0 Å². The van der Waals surface area contributed by atoms with Gasteiger partial charge in [-0.2, -0.15) is 10.2 Å². The molecule has 9 heteroatoms. The van der Waals surface area contributed by atoms with Crippen molar-refractivity contribution < 1.29 is 14.3 Å². The van der Waals surface area contributed by atoms with E-state index in [-0.39, 0.29) is 5.91 Å². The molecule has 1 aliphatic rings. The zero-order valence-electron chi connectivity index (χ0n) is 14.7. The topological polar surface area (TPSA) is 102 Å². The second kappa shape index (κ2) is 6.41. The minimum Gasteiger partial charge on any atom is -0.448 e. The van der Waals surface area contributed by atoms with E-state index < -0.39 is 6.10 Å². The lowest BCUT2D eigenvalue weighted by molar-refractivity contribution is 0.0698. The number of aryl methyl sites for hydroxylation is 2. The predicted molar refractivity (Wildman–Crippen MR) is 90.1 cm³/mol. The first-order chi connectivity index (χ1) is 12.6. The van der Waals surface area contributed by atoms with Gasteiger partial charge in [0.15, 0.2) is 12.1 Å². The summed E-state index contributed by atoms with van der Waals surface area (Å²) in [6, 6.07) is 3.59. The van der Waals surface area contributed by atoms with E-state index in [1.165, 1.54) is 6.39 Å². The van der Waals surface area contributed by atoms with Crippen LogP contribution < -0.4 is 0 Å². The maximum atomic E-state index is 12.7. The minimum atomic E-state index is -0.855. The fourth-order valence-electron chi connectivity index (χ4n) is 3.24. The number of amides is 1. The van der Waals surface area contributed by atoms with E-state index in [9.17, 15) is 9.90 Å². The Bertz CT molecular complexity index is 940. The van der Waals surface area contributed by atoms with Crippen LogP contribution in [0.3, 0.4) is 0 Å². The molecule has 136 valence electrons. The second-order valence-electron chi connectivity index (χ2n) is 6.27. The van der Waals surface area contributed by atoms with Gasteiger partial charge in [0, 0.05) is 26.2 Å². The van der Waals surface area contributed by atoms with Crippen LogP contribution in [-0.2, 0) is 26.6 Å². The van der Waals surface area contributed by atoms with Gasteiger partial charge in [-0.3, -0.25) is 14.2 Å². The van der Waals surface area contributed by atoms with E-state index in [4.69, 9.17) is 4.42 Å². The summed E-state index contributed by atoms with van der Waals surface area (Å²) >= 11 is 0. The van der Waals surface area contributed by atoms with Gasteiger partial charge in [-0.25, -0.2) is 4.98 Å². The normalized spacial score (nSPS) is 15.1. The number of nitrogens with zero attached hydrogens (tertiary/aromatic N) is 6. The molecule has 0 spiro atoms. The molecule has 0 fully saturated rings. The van der Waals surface area contributed by atoms with E-state index in [1.54, 1.807) is 28.9 Å². The quantitative estimate of drug-likeness (QED) is 0.745. The standard InChI is InChI=1S/C17H20N6O3/c1-3-14-15(18-10-26-14)17(25)22-6-7-23-11(9-22)8-12(20-23)16(24)13-4-5-19-21(13)2/h4-5,8,10,16,24H,3,6-7,9H2,1-2H3. The second-order valence-corrected chi connectivity index (χ2v) is 6.27. The van der Waals surface area contributed by atoms with Crippen LogP contribution in [0.2, 0.25) is 0 Å². The van der Waals surface area contributed by atoms with Gasteiger partial charge in [0.2, 0.25) is 0 Å². The summed E-state index contributed by atoms with van der Waals surface area (Å²) in [4.78, 5) is 18.5. The summed E-state index contributed by atoms with van der Waals surface area (Å²) in [6.45, 7) is 3.44. The number of aliphatic hydroxyl groups excluding tert-OH is 1. The van der Waals surface area contributed by atoms with E-state index in [0.29, 0.717) is 48.9 Å². The van der Waals surface area contributed by atoms with Crippen molar-refractivity contribution in [1.82, 2.24) is 29.4 Å². The summed E-state index contributed by atoms with van der Waals surface area (Å²) in [5.74, 6) is 0.457. The lowest BCUT2D eigenvalue weighted by Gasteiger charge is -2.27. The van der Waals surface area contributed by atoms with Crippen LogP contribution in [0.15, 0.2) is 29.1 Å². The predicted octanol–water partition coefficient (Wildman–Crippen LogP) is 0.905. The molecule has 1 atom stereocenters. The summed E-state index contributed by atoms with van der Waals surface area (Å²) in [7, 11) is 1.78. The van der Waals surface area contributed by atoms with Crippen molar-refractivity contribution in [1.29, 1.82) is 0 Å². The molecule has 0 saturated carbocycles. The molecule has 9 nitrogen and oxygen atoms in total. The van der Waals surface area contributed by atoms with Crippen molar-refractivity contribution in [2.24, 2.45) is 7.05 Å². The molecule has 3 aromatic rings. The fourth-order valence-corrected chi connectivity index (χ4v) is 3.24. The molecule has 0 radical (unpaired) electrons. The molecular formula is C17H20N6O3. The van der Waals surface area contributed by atoms with E-state index in [0.717, 1.165) is 5.69 Å². The largest absolute Gasteiger partial charge is 0.448 e. The first-order valence-corrected chi connectivity index (χ1v) is 8.52. The highest BCUT2D eigenvalue weighted by atomic mass is 16.3. The maximum absolute atomic E-state index is 12.7. The third kappa shape index (κ3) is 2.70. The van der Waals surface area contributed by atoms with E-state index in [1.807, 2.05) is 17.7 Å². The first-order valence-electron chi connectivity index (χ1n) is 8.52. The van der Waals surface area contributed by atoms with E-state index >= 15 is 0 Å². The molecule has 1 N–H and O–H groups in total. The molecule has 4 heterocycles. The number of carbonyl (C=O) groups is 1. The van der Waals surface area contributed by atoms with Crippen molar-refractivity contribution in [3.8, 4) is 0 Å². The van der Waals surface area contributed by atoms with Gasteiger partial charge >= 0.3 is 0 Å². The van der Waals surface area contributed by atoms with Crippen LogP contribution in [0, 0.1) is 0 Å². The zero-order chi connectivity index (χ0) is 18.3. The number of aliphatic hydroxyl groups is 1. The highest BCUT2D eigenvalue weighted by molar-refractivity contribution is 5.93. The number of fused-ring (bicyclic) bond motifs is 1. The molecule has 3 aromatic heterocycles. The lowest BCUT2D eigenvalue weighted by atomic mass is 10.1. The number of rotatable bonds is 4. The maximum Gasteiger partial charge on any atom is 0.276 e. The monoisotopic (exact) mass is 356 g/mol. The highest BCUT2D eigenvalue weighted by Crippen LogP contribution is 2.24. The number of carbonyl (C=O) groups excluding carboxylic acids is 1. The molecule has 1 unspecified atom stereocenters. The molecule has 4 rings (SSSR count). The van der Waals surface area contributed by atoms with Gasteiger partial charge in [-0.05, 0) is 12.1 Å². The smallest absolute Gasteiger partial charge is 0.276 e. The summed E-state index contributed by atoms with van der Waals surface area (Å²) in [5, 5.41) is 19.1. The summed E-state index contributed by atoms with van der Waals surface area (Å²) in [6.07, 6.45) is 2.71. The Morgan fingerprint density at radius 3 is 3.00 bits per heavy atom. The molecule has 0 aromatic carbocycles. The average Bonchev–Trinajstić information content (AvgIpc) is 3.38. The molecule has 0 bridgehead atoms. The van der Waals surface area contributed by atoms with Gasteiger partial charge in [0.05, 0.1) is 30.2 Å². The zero-order valence-corrected chi connectivity index (χ0v) is 14.7. The number of hydrogen-bond acceptors (Lipinski definition) is 6. The van der Waals surface area contributed by atoms with Crippen molar-refractivity contribution in [2.75, 3.05) is 6.54 Å². The van der Waals surface area contributed by atoms with Crippen LogP contribution in [0.1, 0.15) is 46.4 Å². The molecule has 0 saturated heterocycles. The van der Waals surface area contributed by atoms with Gasteiger partial charge in [0.25, 0.3) is 5.91 Å². The van der Waals surface area contributed by atoms with Crippen LogP contribution in [-0.4, -0.2) is 47.0 Å². The Morgan fingerprint density at radius 2 is 2.27 bits per heavy atom. The van der Waals surface area contributed by atoms with Gasteiger partial charge in [0.1, 0.15) is 11.9 Å². The third-order valence-electron chi connectivity index (χ3n) is 4.69. The van der Waals surface area contributed by atoms with Crippen LogP contribution in [0.25, 0.3) is 0 Å².